The number of hydrogen-bond acceptors (Lipinski definition) is 6. The summed E-state index contributed by atoms with van der Waals surface area (Å²) in [5.74, 6) is 0.827. The molecule has 1 heterocycles. The number of rotatable bonds is 9. The van der Waals surface area contributed by atoms with Gasteiger partial charge in [-0.3, -0.25) is 4.79 Å². The van der Waals surface area contributed by atoms with Crippen LogP contribution in [0.1, 0.15) is 0 Å². The Morgan fingerprint density at radius 2 is 1.68 bits per heavy atom. The number of carbonyl (C=O) groups excluding carboxylic acids is 1. The van der Waals surface area contributed by atoms with E-state index in [0.29, 0.717) is 17.2 Å². The number of carbonyl (C=O) groups is 1. The number of nitrogens with one attached hydrogen (secondary N) is 2. The second-order valence-electron chi connectivity index (χ2n) is 6.88. The minimum absolute atomic E-state index is 0.0958. The first-order chi connectivity index (χ1) is 14.8. The molecule has 0 fully saturated rings. The molecule has 1 aromatic heterocycles. The molecule has 0 spiro atoms. The predicted octanol–water partition coefficient (Wildman–Crippen LogP) is 2.86. The predicted molar refractivity (Wildman–Crippen MR) is 124 cm³/mol. The summed E-state index contributed by atoms with van der Waals surface area (Å²) in [6.45, 7) is 0.300. The Labute approximate surface area is 189 Å². The third kappa shape index (κ3) is 5.93. The van der Waals surface area contributed by atoms with E-state index in [1.165, 1.54) is 12.1 Å². The Morgan fingerprint density at radius 1 is 1.03 bits per heavy atom. The Kier molecular flexibility index (Phi) is 7.47. The normalized spacial score (nSPS) is 11.3. The van der Waals surface area contributed by atoms with Crippen molar-refractivity contribution in [1.29, 1.82) is 0 Å². The molecule has 8 nitrogen and oxygen atoms in total. The molecule has 31 heavy (non-hydrogen) atoms. The fourth-order valence-electron chi connectivity index (χ4n) is 2.76. The Morgan fingerprint density at radius 3 is 2.29 bits per heavy atom. The quantitative estimate of drug-likeness (QED) is 0.341. The first-order valence-electron chi connectivity index (χ1n) is 9.46. The zero-order chi connectivity index (χ0) is 22.4. The summed E-state index contributed by atoms with van der Waals surface area (Å²) in [4.78, 5) is 17.6. The van der Waals surface area contributed by atoms with Gasteiger partial charge in [-0.15, -0.1) is 0 Å². The molecule has 164 valence electrons. The molecule has 0 radical (unpaired) electrons. The number of nitrogens with zero attached hydrogens (tertiary/aromatic N) is 2. The largest absolute Gasteiger partial charge is 0.436 e. The summed E-state index contributed by atoms with van der Waals surface area (Å²) in [6, 6.07) is 14.2. The van der Waals surface area contributed by atoms with Crippen LogP contribution in [0.4, 0.5) is 5.69 Å². The summed E-state index contributed by atoms with van der Waals surface area (Å²) >= 11 is 3.03. The van der Waals surface area contributed by atoms with E-state index in [0.717, 1.165) is 11.3 Å². The molecule has 0 saturated carbocycles. The van der Waals surface area contributed by atoms with Gasteiger partial charge in [-0.05, 0) is 48.5 Å². The van der Waals surface area contributed by atoms with Gasteiger partial charge in [-0.25, -0.2) is 18.1 Å². The third-order valence-electron chi connectivity index (χ3n) is 4.45. The molecule has 0 aliphatic heterocycles. The first kappa shape index (κ1) is 23.0. The smallest absolute Gasteiger partial charge is 0.240 e. The van der Waals surface area contributed by atoms with Crippen LogP contribution >= 0.6 is 15.9 Å². The fourth-order valence-corrected chi connectivity index (χ4v) is 3.99. The van der Waals surface area contributed by atoms with Crippen LogP contribution in [0.15, 0.2) is 64.0 Å². The van der Waals surface area contributed by atoms with Crippen molar-refractivity contribution < 1.29 is 17.6 Å². The van der Waals surface area contributed by atoms with Crippen molar-refractivity contribution in [2.24, 2.45) is 0 Å². The van der Waals surface area contributed by atoms with Gasteiger partial charge in [0.1, 0.15) is 0 Å². The van der Waals surface area contributed by atoms with Gasteiger partial charge in [0.15, 0.2) is 5.76 Å². The van der Waals surface area contributed by atoms with Crippen LogP contribution in [0.2, 0.25) is 0 Å². The maximum Gasteiger partial charge on any atom is 0.240 e. The summed E-state index contributed by atoms with van der Waals surface area (Å²) in [5.41, 5.74) is 2.65. The van der Waals surface area contributed by atoms with E-state index in [1.807, 2.05) is 43.3 Å². The molecular weight excluding hydrogens is 484 g/mol. The van der Waals surface area contributed by atoms with E-state index in [4.69, 9.17) is 4.42 Å². The lowest BCUT2D eigenvalue weighted by atomic mass is 10.1. The monoisotopic (exact) mass is 506 g/mol. The standard InChI is InChI=1S/C21H23BrN4O4S/c1-26(2)17-7-3-15(4-8-17)19-14-24-21(30-19)16-5-9-18(10-6-16)31(28,29)25-12-11-23-20(27)13-22/h3-10,14,25H,11-13H2,1-2H3,(H,23,27). The van der Waals surface area contributed by atoms with E-state index in [-0.39, 0.29) is 29.2 Å². The Bertz CT molecular complexity index is 1130. The van der Waals surface area contributed by atoms with E-state index >= 15 is 0 Å². The van der Waals surface area contributed by atoms with Gasteiger partial charge in [-0.2, -0.15) is 0 Å². The highest BCUT2D eigenvalue weighted by atomic mass is 79.9. The van der Waals surface area contributed by atoms with E-state index < -0.39 is 10.0 Å². The SMILES string of the molecule is CN(C)c1ccc(-c2cnc(-c3ccc(S(=O)(=O)NCCNC(=O)CBr)cc3)o2)cc1. The lowest BCUT2D eigenvalue weighted by Crippen LogP contribution is -2.35. The molecular formula is C21H23BrN4O4S. The second-order valence-corrected chi connectivity index (χ2v) is 9.20. The Hall–Kier alpha value is -2.69. The van der Waals surface area contributed by atoms with Crippen LogP contribution in [-0.4, -0.2) is 51.8 Å². The van der Waals surface area contributed by atoms with Crippen molar-refractivity contribution in [2.75, 3.05) is 37.4 Å². The fraction of sp³-hybridized carbons (Fsp3) is 0.238. The number of hydrogen-bond donors (Lipinski definition) is 2. The summed E-state index contributed by atoms with van der Waals surface area (Å²) in [5, 5.41) is 2.75. The van der Waals surface area contributed by atoms with E-state index in [1.54, 1.807) is 18.3 Å². The second kappa shape index (κ2) is 10.1. The molecule has 3 rings (SSSR count). The molecule has 3 aromatic rings. The molecule has 1 amide bonds. The topological polar surface area (TPSA) is 105 Å². The number of halogens is 1. The van der Waals surface area contributed by atoms with Gasteiger partial charge in [0.05, 0.1) is 16.4 Å². The number of amides is 1. The number of sulfonamides is 1. The number of oxazole rings is 1. The number of benzene rings is 2. The first-order valence-corrected chi connectivity index (χ1v) is 12.1. The van der Waals surface area contributed by atoms with Crippen LogP contribution in [-0.2, 0) is 14.8 Å². The molecule has 0 unspecified atom stereocenters. The summed E-state index contributed by atoms with van der Waals surface area (Å²) in [7, 11) is 0.271. The minimum Gasteiger partial charge on any atom is -0.436 e. The summed E-state index contributed by atoms with van der Waals surface area (Å²) < 4.78 is 33.1. The molecule has 0 aliphatic carbocycles. The molecule has 2 N–H and O–H groups in total. The van der Waals surface area contributed by atoms with E-state index in [9.17, 15) is 13.2 Å². The number of alkyl halides is 1. The van der Waals surface area contributed by atoms with Gasteiger partial charge in [0, 0.05) is 44.0 Å². The average Bonchev–Trinajstić information content (AvgIpc) is 3.27. The highest BCUT2D eigenvalue weighted by Gasteiger charge is 2.15. The molecule has 0 atom stereocenters. The zero-order valence-electron chi connectivity index (χ0n) is 17.1. The highest BCUT2D eigenvalue weighted by molar-refractivity contribution is 9.09. The van der Waals surface area contributed by atoms with Crippen LogP contribution in [0.5, 0.6) is 0 Å². The lowest BCUT2D eigenvalue weighted by Gasteiger charge is -2.11. The van der Waals surface area contributed by atoms with Crippen LogP contribution < -0.4 is 14.9 Å². The molecule has 2 aromatic carbocycles. The van der Waals surface area contributed by atoms with Crippen LogP contribution in [0.25, 0.3) is 22.8 Å². The van der Waals surface area contributed by atoms with Crippen molar-refractivity contribution in [3.8, 4) is 22.8 Å². The van der Waals surface area contributed by atoms with Gasteiger partial charge in [0.2, 0.25) is 21.8 Å². The van der Waals surface area contributed by atoms with Crippen molar-refractivity contribution in [1.82, 2.24) is 15.0 Å². The maximum absolute atomic E-state index is 12.4. The van der Waals surface area contributed by atoms with Gasteiger partial charge in [0.25, 0.3) is 0 Å². The third-order valence-corrected chi connectivity index (χ3v) is 6.43. The Balaban J connectivity index is 1.67. The maximum atomic E-state index is 12.4. The molecule has 0 saturated heterocycles. The van der Waals surface area contributed by atoms with Crippen molar-refractivity contribution in [2.45, 2.75) is 4.90 Å². The highest BCUT2D eigenvalue weighted by Crippen LogP contribution is 2.28. The van der Waals surface area contributed by atoms with Crippen LogP contribution in [0, 0.1) is 0 Å². The van der Waals surface area contributed by atoms with Crippen molar-refractivity contribution in [3.63, 3.8) is 0 Å². The summed E-state index contributed by atoms with van der Waals surface area (Å²) in [6.07, 6.45) is 1.65. The van der Waals surface area contributed by atoms with Crippen molar-refractivity contribution in [3.05, 3.63) is 54.7 Å². The lowest BCUT2D eigenvalue weighted by molar-refractivity contribution is -0.118. The minimum atomic E-state index is -3.68. The number of aromatic nitrogens is 1. The zero-order valence-corrected chi connectivity index (χ0v) is 19.5. The number of anilines is 1. The van der Waals surface area contributed by atoms with E-state index in [2.05, 4.69) is 31.0 Å². The van der Waals surface area contributed by atoms with Gasteiger partial charge < -0.3 is 14.6 Å². The molecule has 10 heteroatoms. The molecule has 0 bridgehead atoms. The van der Waals surface area contributed by atoms with Gasteiger partial charge in [-0.1, -0.05) is 15.9 Å². The molecule has 0 aliphatic rings. The van der Waals surface area contributed by atoms with Crippen LogP contribution in [0.3, 0.4) is 0 Å². The van der Waals surface area contributed by atoms with Crippen molar-refractivity contribution >= 4 is 37.5 Å². The average molecular weight is 507 g/mol. The van der Waals surface area contributed by atoms with Gasteiger partial charge >= 0.3 is 0 Å².